The maximum absolute atomic E-state index is 6.10. The van der Waals surface area contributed by atoms with Crippen molar-refractivity contribution in [1.29, 1.82) is 0 Å². The summed E-state index contributed by atoms with van der Waals surface area (Å²) in [6.45, 7) is 8.14. The maximum atomic E-state index is 6.10. The van der Waals surface area contributed by atoms with Gasteiger partial charge in [-0.2, -0.15) is 11.1 Å². The Balaban J connectivity index is 0.00000119. The molecule has 1 aromatic heterocycles. The number of halogens is 1. The molecule has 0 bridgehead atoms. The molecule has 32 heavy (non-hydrogen) atoms. The zero-order chi connectivity index (χ0) is 22.5. The van der Waals surface area contributed by atoms with Gasteiger partial charge in [-0.25, -0.2) is 22.8 Å². The fourth-order valence-electron chi connectivity index (χ4n) is 3.39. The number of ether oxygens (including phenoxy) is 1. The van der Waals surface area contributed by atoms with Gasteiger partial charge in [0.15, 0.2) is 5.76 Å². The molecule has 0 saturated heterocycles. The van der Waals surface area contributed by atoms with Crippen LogP contribution in [0.4, 0.5) is 0 Å². The summed E-state index contributed by atoms with van der Waals surface area (Å²) in [5, 5.41) is 0. The van der Waals surface area contributed by atoms with Crippen LogP contribution in [0, 0.1) is 25.4 Å². The monoisotopic (exact) mass is 665 g/mol. The zero-order valence-electron chi connectivity index (χ0n) is 17.0. The molecule has 3 aromatic rings. The summed E-state index contributed by atoms with van der Waals surface area (Å²) >= 11 is 4.86. The van der Waals surface area contributed by atoms with E-state index in [1.54, 1.807) is 8.82 Å². The fraction of sp³-hybridized carbons (Fsp3) is 0. The van der Waals surface area contributed by atoms with Gasteiger partial charge in [0.2, 0.25) is 18.0 Å². The van der Waals surface area contributed by atoms with Crippen LogP contribution in [0.5, 0.6) is 0 Å². The van der Waals surface area contributed by atoms with Crippen LogP contribution in [0.3, 0.4) is 0 Å². The molecule has 4 nitrogen and oxygen atoms in total. The minimum atomic E-state index is 0.612. The third-order valence-corrected chi connectivity index (χ3v) is 4.85. The summed E-state index contributed by atoms with van der Waals surface area (Å²) in [6, 6.07) is 19.9. The van der Waals surface area contributed by atoms with E-state index in [1.807, 2.05) is 109 Å². The molecule has 0 amide bonds. The number of hydrogen-bond donors (Lipinski definition) is 0. The summed E-state index contributed by atoms with van der Waals surface area (Å²) < 4.78 is 15.6. The van der Waals surface area contributed by atoms with Crippen LogP contribution < -0.4 is 9.79 Å². The average Bonchev–Trinajstić information content (AvgIpc) is 3.44. The molecule has 0 atom stereocenters. The second-order valence-electron chi connectivity index (χ2n) is 6.95. The minimum absolute atomic E-state index is 0.612. The van der Waals surface area contributed by atoms with Gasteiger partial charge in [0, 0.05) is 17.8 Å². The molecule has 0 N–H and O–H groups in total. The van der Waals surface area contributed by atoms with Gasteiger partial charge in [-0.05, 0) is 0 Å². The zero-order valence-corrected chi connectivity index (χ0v) is 20.8. The Hall–Kier alpha value is -3.01. The molecular formula is C26H19BrN2O2Pt. The number of hydrogen-bond acceptors (Lipinski definition) is 2. The first-order valence-electron chi connectivity index (χ1n) is 9.67. The SMILES string of the molecule is C=[N+]1C=C(c2ccccc2)O[C-]1C1=[C-]/C(=c2/oc(-c3ccccc3)c[n+]2=C)[CH-]C=C1.[Br][Pt+]. The number of aromatic nitrogens is 1. The number of oxazole rings is 1. The molecule has 1 aliphatic heterocycles. The predicted molar refractivity (Wildman–Crippen MR) is 123 cm³/mol. The van der Waals surface area contributed by atoms with Gasteiger partial charge in [-0.3, -0.25) is 6.08 Å². The Morgan fingerprint density at radius 2 is 1.62 bits per heavy atom. The van der Waals surface area contributed by atoms with Gasteiger partial charge >= 0.3 is 31.1 Å². The normalized spacial score (nSPS) is 16.5. The van der Waals surface area contributed by atoms with Gasteiger partial charge in [0.1, 0.15) is 12.5 Å². The Labute approximate surface area is 204 Å². The van der Waals surface area contributed by atoms with Crippen molar-refractivity contribution in [3.8, 4) is 11.3 Å². The molecule has 0 fully saturated rings. The van der Waals surface area contributed by atoms with Crippen molar-refractivity contribution in [3.05, 3.63) is 127 Å². The van der Waals surface area contributed by atoms with E-state index in [-0.39, 0.29) is 0 Å². The van der Waals surface area contributed by atoms with Crippen molar-refractivity contribution in [2.45, 2.75) is 0 Å². The predicted octanol–water partition coefficient (Wildman–Crippen LogP) is 4.60. The summed E-state index contributed by atoms with van der Waals surface area (Å²) in [6.07, 6.45) is 13.5. The van der Waals surface area contributed by atoms with E-state index in [1.165, 1.54) is 0 Å². The van der Waals surface area contributed by atoms with E-state index in [9.17, 15) is 0 Å². The second kappa shape index (κ2) is 10.1. The average molecular weight is 666 g/mol. The molecule has 1 aliphatic carbocycles. The molecule has 2 heterocycles. The first-order valence-corrected chi connectivity index (χ1v) is 14.6. The first kappa shape index (κ1) is 22.2. The molecule has 5 rings (SSSR count). The second-order valence-corrected chi connectivity index (χ2v) is 6.95. The van der Waals surface area contributed by atoms with E-state index in [4.69, 9.17) is 9.15 Å². The van der Waals surface area contributed by atoms with Crippen LogP contribution in [0.15, 0.2) is 95.2 Å². The molecular weight excluding hydrogens is 647 g/mol. The van der Waals surface area contributed by atoms with Gasteiger partial charge in [0.05, 0.1) is 6.20 Å². The van der Waals surface area contributed by atoms with E-state index in [2.05, 4.69) is 32.8 Å². The standard InChI is InChI=1S/C26H19N2O2.BrH.Pt/c1-27-17-23(19-10-5-3-6-11-19)29-25(27)21-14-9-15-22(16-21)26-28(2)18-24(30-26)20-12-7-4-8-13-20;;/h3-15,17-18H,1-2H2;1H;/q-1;;+2/p-1/b25-21+;;. The van der Waals surface area contributed by atoms with Crippen molar-refractivity contribution in [2.24, 2.45) is 0 Å². The molecule has 162 valence electrons. The number of allylic oxidation sites excluding steroid dienone is 2. The summed E-state index contributed by atoms with van der Waals surface area (Å²) in [4.78, 5) is 0. The third-order valence-electron chi connectivity index (χ3n) is 4.85. The molecule has 6 heteroatoms. The van der Waals surface area contributed by atoms with Gasteiger partial charge in [0.25, 0.3) is 0 Å². The molecule has 0 spiro atoms. The van der Waals surface area contributed by atoms with Crippen molar-refractivity contribution in [3.63, 3.8) is 0 Å². The molecule has 2 aromatic carbocycles. The van der Waals surface area contributed by atoms with Gasteiger partial charge in [-0.1, -0.05) is 60.7 Å². The Bertz CT molecular complexity index is 1330. The van der Waals surface area contributed by atoms with Crippen molar-refractivity contribution in [1.82, 2.24) is 0 Å². The summed E-state index contributed by atoms with van der Waals surface area (Å²) in [5.74, 6) is 1.49. The summed E-state index contributed by atoms with van der Waals surface area (Å²) in [7, 11) is 0. The van der Waals surface area contributed by atoms with Crippen LogP contribution in [0.1, 0.15) is 5.56 Å². The van der Waals surface area contributed by atoms with Crippen molar-refractivity contribution in [2.75, 3.05) is 0 Å². The van der Waals surface area contributed by atoms with E-state index in [0.29, 0.717) is 11.8 Å². The Morgan fingerprint density at radius 1 is 0.969 bits per heavy atom. The first-order chi connectivity index (χ1) is 15.7. The topological polar surface area (TPSA) is 31.3 Å². The molecule has 0 radical (unpaired) electrons. The van der Waals surface area contributed by atoms with Crippen LogP contribution >= 0.6 is 13.3 Å². The van der Waals surface area contributed by atoms with Gasteiger partial charge in [-0.15, -0.1) is 0 Å². The molecule has 2 aliphatic rings. The number of rotatable bonds is 3. The van der Waals surface area contributed by atoms with Crippen molar-refractivity contribution >= 4 is 31.3 Å². The Morgan fingerprint density at radius 3 is 2.31 bits per heavy atom. The fourth-order valence-corrected chi connectivity index (χ4v) is 3.39. The van der Waals surface area contributed by atoms with Gasteiger partial charge < -0.3 is 13.7 Å². The van der Waals surface area contributed by atoms with Crippen molar-refractivity contribution < 1.29 is 35.7 Å². The molecule has 0 unspecified atom stereocenters. The van der Waals surface area contributed by atoms with Crippen LogP contribution in [0.25, 0.3) is 22.7 Å². The quantitative estimate of drug-likeness (QED) is 0.303. The number of benzene rings is 2. The van der Waals surface area contributed by atoms with E-state index in [0.717, 1.165) is 33.8 Å². The third kappa shape index (κ3) is 4.59. The van der Waals surface area contributed by atoms with Crippen LogP contribution in [0.2, 0.25) is 0 Å². The summed E-state index contributed by atoms with van der Waals surface area (Å²) in [5.41, 5.74) is 4.16. The van der Waals surface area contributed by atoms with Crippen LogP contribution in [-0.2, 0) is 22.5 Å². The number of nitrogens with zero attached hydrogens (tertiary/aromatic N) is 2. The van der Waals surface area contributed by atoms with E-state index < -0.39 is 0 Å². The van der Waals surface area contributed by atoms with E-state index >= 15 is 0 Å². The molecule has 0 saturated carbocycles. The Kier molecular flexibility index (Phi) is 6.99. The van der Waals surface area contributed by atoms with Crippen LogP contribution in [-0.4, -0.2) is 11.3 Å².